The van der Waals surface area contributed by atoms with E-state index in [4.69, 9.17) is 5.11 Å². The lowest BCUT2D eigenvalue weighted by atomic mass is 10.1. The van der Waals surface area contributed by atoms with Gasteiger partial charge in [0, 0.05) is 10.9 Å². The Hall–Kier alpha value is -0.920. The first-order chi connectivity index (χ1) is 9.20. The molecule has 1 aromatic rings. The number of carboxylic acids is 1. The third-order valence-electron chi connectivity index (χ3n) is 2.76. The summed E-state index contributed by atoms with van der Waals surface area (Å²) in [6.07, 6.45) is 1.59. The Morgan fingerprint density at radius 2 is 1.95 bits per heavy atom. The minimum Gasteiger partial charge on any atom is -0.481 e. The van der Waals surface area contributed by atoms with Crippen LogP contribution in [0.3, 0.4) is 0 Å². The molecule has 0 saturated heterocycles. The maximum absolute atomic E-state index is 12.1. The van der Waals surface area contributed by atoms with Crippen LogP contribution in [0.25, 0.3) is 0 Å². The third-order valence-corrected chi connectivity index (χ3v) is 5.93. The summed E-state index contributed by atoms with van der Waals surface area (Å²) < 4.78 is 27.1. The second kappa shape index (κ2) is 7.19. The lowest BCUT2D eigenvalue weighted by molar-refractivity contribution is -0.136. The number of aliphatic carboxylic acids is 1. The van der Waals surface area contributed by atoms with Gasteiger partial charge in [-0.3, -0.25) is 4.79 Å². The van der Waals surface area contributed by atoms with E-state index in [1.54, 1.807) is 6.07 Å². The normalized spacial score (nSPS) is 13.6. The van der Waals surface area contributed by atoms with Gasteiger partial charge in [-0.2, -0.15) is 0 Å². The van der Waals surface area contributed by atoms with E-state index in [2.05, 4.69) is 18.6 Å². The molecule has 0 radical (unpaired) electrons. The van der Waals surface area contributed by atoms with E-state index in [9.17, 15) is 13.2 Å². The van der Waals surface area contributed by atoms with Crippen LogP contribution in [0.2, 0.25) is 0 Å². The van der Waals surface area contributed by atoms with Crippen molar-refractivity contribution in [2.24, 2.45) is 5.92 Å². The summed E-state index contributed by atoms with van der Waals surface area (Å²) in [6.45, 7) is 6.03. The number of hydrogen-bond acceptors (Lipinski definition) is 4. The molecular formula is C13H21NO4S2. The predicted octanol–water partition coefficient (Wildman–Crippen LogP) is 2.48. The summed E-state index contributed by atoms with van der Waals surface area (Å²) in [6, 6.07) is 2.87. The van der Waals surface area contributed by atoms with Crippen molar-refractivity contribution in [1.82, 2.24) is 4.72 Å². The lowest BCUT2D eigenvalue weighted by Crippen LogP contribution is -2.32. The molecular weight excluding hydrogens is 298 g/mol. The van der Waals surface area contributed by atoms with Crippen LogP contribution in [0.15, 0.2) is 16.3 Å². The van der Waals surface area contributed by atoms with Crippen molar-refractivity contribution in [2.75, 3.05) is 0 Å². The molecule has 1 aromatic heterocycles. The summed E-state index contributed by atoms with van der Waals surface area (Å²) in [7, 11) is -3.55. The molecule has 1 unspecified atom stereocenters. The maximum Gasteiger partial charge on any atom is 0.308 e. The van der Waals surface area contributed by atoms with Gasteiger partial charge in [0.05, 0.1) is 6.42 Å². The standard InChI is InChI=1S/C13H21NO4S2/c1-9(2)4-5-10(3)14-20(17,18)13-7-6-11(19-13)8-12(15)16/h6-7,9-10,14H,4-5,8H2,1-3H3,(H,15,16). The molecule has 0 amide bonds. The Morgan fingerprint density at radius 1 is 1.30 bits per heavy atom. The predicted molar refractivity (Wildman–Crippen MR) is 79.5 cm³/mol. The Kier molecular flexibility index (Phi) is 6.16. The topological polar surface area (TPSA) is 83.5 Å². The van der Waals surface area contributed by atoms with Gasteiger partial charge in [-0.15, -0.1) is 11.3 Å². The van der Waals surface area contributed by atoms with Crippen molar-refractivity contribution >= 4 is 27.3 Å². The minimum absolute atomic E-state index is 0.132. The molecule has 7 heteroatoms. The van der Waals surface area contributed by atoms with E-state index in [-0.39, 0.29) is 16.7 Å². The van der Waals surface area contributed by atoms with Gasteiger partial charge in [-0.05, 0) is 37.8 Å². The van der Waals surface area contributed by atoms with Gasteiger partial charge >= 0.3 is 5.97 Å². The Balaban J connectivity index is 2.68. The van der Waals surface area contributed by atoms with Crippen LogP contribution in [0, 0.1) is 5.92 Å². The van der Waals surface area contributed by atoms with Crippen molar-refractivity contribution in [3.8, 4) is 0 Å². The second-order valence-corrected chi connectivity index (χ2v) is 8.39. The van der Waals surface area contributed by atoms with Gasteiger partial charge in [0.15, 0.2) is 0 Å². The first-order valence-corrected chi connectivity index (χ1v) is 8.83. The van der Waals surface area contributed by atoms with E-state index in [0.717, 1.165) is 24.2 Å². The van der Waals surface area contributed by atoms with E-state index in [1.165, 1.54) is 6.07 Å². The average Bonchev–Trinajstić information content (AvgIpc) is 2.74. The fourth-order valence-corrected chi connectivity index (χ4v) is 4.35. The molecule has 1 rings (SSSR count). The Morgan fingerprint density at radius 3 is 2.50 bits per heavy atom. The van der Waals surface area contributed by atoms with Gasteiger partial charge in [-0.1, -0.05) is 13.8 Å². The highest BCUT2D eigenvalue weighted by Gasteiger charge is 2.20. The number of carbonyl (C=O) groups is 1. The quantitative estimate of drug-likeness (QED) is 0.771. The molecule has 1 atom stereocenters. The molecule has 5 nitrogen and oxygen atoms in total. The van der Waals surface area contributed by atoms with Crippen molar-refractivity contribution in [1.29, 1.82) is 0 Å². The van der Waals surface area contributed by atoms with Crippen LogP contribution in [0.1, 0.15) is 38.5 Å². The van der Waals surface area contributed by atoms with Crippen molar-refractivity contribution in [2.45, 2.75) is 50.3 Å². The van der Waals surface area contributed by atoms with Crippen LogP contribution >= 0.6 is 11.3 Å². The number of carboxylic acid groups (broad SMARTS) is 1. The molecule has 0 aliphatic heterocycles. The monoisotopic (exact) mass is 319 g/mol. The molecule has 0 aromatic carbocycles. The van der Waals surface area contributed by atoms with E-state index < -0.39 is 16.0 Å². The molecule has 2 N–H and O–H groups in total. The zero-order valence-corrected chi connectivity index (χ0v) is 13.6. The Labute approximate surface area is 124 Å². The third kappa shape index (κ3) is 5.60. The van der Waals surface area contributed by atoms with Crippen molar-refractivity contribution in [3.05, 3.63) is 17.0 Å². The van der Waals surface area contributed by atoms with Crippen LogP contribution in [-0.2, 0) is 21.2 Å². The number of hydrogen-bond donors (Lipinski definition) is 2. The van der Waals surface area contributed by atoms with Gasteiger partial charge in [0.2, 0.25) is 10.0 Å². The number of nitrogens with one attached hydrogen (secondary N) is 1. The molecule has 0 bridgehead atoms. The smallest absolute Gasteiger partial charge is 0.308 e. The molecule has 1 heterocycles. The van der Waals surface area contributed by atoms with Crippen molar-refractivity contribution < 1.29 is 18.3 Å². The molecule has 114 valence electrons. The van der Waals surface area contributed by atoms with Crippen LogP contribution < -0.4 is 4.72 Å². The van der Waals surface area contributed by atoms with Crippen LogP contribution in [0.4, 0.5) is 0 Å². The van der Waals surface area contributed by atoms with E-state index >= 15 is 0 Å². The minimum atomic E-state index is -3.55. The summed E-state index contributed by atoms with van der Waals surface area (Å²) >= 11 is 1.00. The van der Waals surface area contributed by atoms with Crippen LogP contribution in [0.5, 0.6) is 0 Å². The van der Waals surface area contributed by atoms with Crippen LogP contribution in [-0.4, -0.2) is 25.5 Å². The summed E-state index contributed by atoms with van der Waals surface area (Å²) in [5.41, 5.74) is 0. The van der Waals surface area contributed by atoms with Gasteiger partial charge < -0.3 is 5.11 Å². The SMILES string of the molecule is CC(C)CCC(C)NS(=O)(=O)c1ccc(CC(=O)O)s1. The molecule has 0 fully saturated rings. The molecule has 0 saturated carbocycles. The molecule has 0 aliphatic rings. The highest BCUT2D eigenvalue weighted by Crippen LogP contribution is 2.22. The zero-order valence-electron chi connectivity index (χ0n) is 11.9. The zero-order chi connectivity index (χ0) is 15.3. The number of thiophene rings is 1. The maximum atomic E-state index is 12.1. The fourth-order valence-electron chi connectivity index (χ4n) is 1.71. The van der Waals surface area contributed by atoms with Gasteiger partial charge in [-0.25, -0.2) is 13.1 Å². The summed E-state index contributed by atoms with van der Waals surface area (Å²) in [5.74, 6) is -0.431. The van der Waals surface area contributed by atoms with E-state index in [1.807, 2.05) is 6.92 Å². The fraction of sp³-hybridized carbons (Fsp3) is 0.615. The van der Waals surface area contributed by atoms with Gasteiger partial charge in [0.1, 0.15) is 4.21 Å². The second-order valence-electron chi connectivity index (χ2n) is 5.28. The summed E-state index contributed by atoms with van der Waals surface area (Å²) in [4.78, 5) is 11.1. The molecule has 20 heavy (non-hydrogen) atoms. The first kappa shape index (κ1) is 17.1. The molecule has 0 aliphatic carbocycles. The summed E-state index contributed by atoms with van der Waals surface area (Å²) in [5, 5.41) is 8.69. The Bertz CT molecular complexity index is 548. The highest BCUT2D eigenvalue weighted by molar-refractivity contribution is 7.91. The van der Waals surface area contributed by atoms with E-state index in [0.29, 0.717) is 10.8 Å². The molecule has 0 spiro atoms. The van der Waals surface area contributed by atoms with Crippen molar-refractivity contribution in [3.63, 3.8) is 0 Å². The highest BCUT2D eigenvalue weighted by atomic mass is 32.2. The largest absolute Gasteiger partial charge is 0.481 e. The first-order valence-electron chi connectivity index (χ1n) is 6.53. The average molecular weight is 319 g/mol. The number of rotatable bonds is 8. The number of sulfonamides is 1. The lowest BCUT2D eigenvalue weighted by Gasteiger charge is -2.14. The van der Waals surface area contributed by atoms with Gasteiger partial charge in [0.25, 0.3) is 0 Å².